The van der Waals surface area contributed by atoms with Crippen LogP contribution in [0.25, 0.3) is 0 Å². The van der Waals surface area contributed by atoms with E-state index in [-0.39, 0.29) is 23.7 Å². The fraction of sp³-hybridized carbons (Fsp3) is 0.286. The van der Waals surface area contributed by atoms with Gasteiger partial charge in [-0.25, -0.2) is 0 Å². The Morgan fingerprint density at radius 2 is 1.37 bits per heavy atom. The standard InChI is InChI=1S/C14H13NO2S2/c16-13-9-6-11(18)12(19)7-10(9)14(17)15(13)8-4-2-1-3-5-8/h1-5,9-10,18-19H,6-7H2. The lowest BCUT2D eigenvalue weighted by molar-refractivity contribution is -0.122. The Bertz CT molecular complexity index is 550. The average Bonchev–Trinajstić information content (AvgIpc) is 2.64. The van der Waals surface area contributed by atoms with E-state index in [0.29, 0.717) is 18.5 Å². The molecule has 0 saturated carbocycles. The fourth-order valence-electron chi connectivity index (χ4n) is 2.73. The maximum atomic E-state index is 12.4. The van der Waals surface area contributed by atoms with Crippen LogP contribution in [0.3, 0.4) is 0 Å². The molecule has 2 amide bonds. The SMILES string of the molecule is O=C1C2CC(S)=C(S)CC2C(=O)N1c1ccccc1. The van der Waals surface area contributed by atoms with Crippen LogP contribution in [0.2, 0.25) is 0 Å². The van der Waals surface area contributed by atoms with Gasteiger partial charge in [0.2, 0.25) is 11.8 Å². The topological polar surface area (TPSA) is 37.4 Å². The van der Waals surface area contributed by atoms with Gasteiger partial charge in [0.05, 0.1) is 17.5 Å². The normalized spacial score (nSPS) is 26.9. The minimum atomic E-state index is -0.281. The molecule has 19 heavy (non-hydrogen) atoms. The monoisotopic (exact) mass is 291 g/mol. The van der Waals surface area contributed by atoms with Crippen LogP contribution in [-0.2, 0) is 9.59 Å². The smallest absolute Gasteiger partial charge is 0.238 e. The molecule has 0 aromatic heterocycles. The molecule has 2 atom stereocenters. The molecular formula is C14H13NO2S2. The molecule has 1 aliphatic heterocycles. The number of nitrogens with zero attached hydrogens (tertiary/aromatic N) is 1. The summed E-state index contributed by atoms with van der Waals surface area (Å²) in [7, 11) is 0. The third-order valence-corrected chi connectivity index (χ3v) is 4.82. The predicted octanol–water partition coefficient (Wildman–Crippen LogP) is 2.66. The zero-order chi connectivity index (χ0) is 13.6. The van der Waals surface area contributed by atoms with Crippen LogP contribution in [-0.4, -0.2) is 11.8 Å². The van der Waals surface area contributed by atoms with Gasteiger partial charge in [0.15, 0.2) is 0 Å². The molecule has 0 spiro atoms. The van der Waals surface area contributed by atoms with E-state index >= 15 is 0 Å². The lowest BCUT2D eigenvalue weighted by Gasteiger charge is -2.21. The molecule has 5 heteroatoms. The van der Waals surface area contributed by atoms with Crippen molar-refractivity contribution in [2.24, 2.45) is 11.8 Å². The van der Waals surface area contributed by atoms with Crippen molar-refractivity contribution in [1.82, 2.24) is 0 Å². The van der Waals surface area contributed by atoms with Crippen LogP contribution in [0.1, 0.15) is 12.8 Å². The Balaban J connectivity index is 1.97. The molecule has 2 unspecified atom stereocenters. The van der Waals surface area contributed by atoms with Crippen molar-refractivity contribution in [1.29, 1.82) is 0 Å². The Labute approximate surface area is 122 Å². The third-order valence-electron chi connectivity index (χ3n) is 3.73. The molecule has 1 aromatic carbocycles. The number of imide groups is 1. The third kappa shape index (κ3) is 2.01. The quantitative estimate of drug-likeness (QED) is 0.616. The van der Waals surface area contributed by atoms with E-state index in [1.54, 1.807) is 12.1 Å². The molecule has 0 radical (unpaired) electrons. The van der Waals surface area contributed by atoms with Gasteiger partial charge < -0.3 is 0 Å². The van der Waals surface area contributed by atoms with Gasteiger partial charge in [0.1, 0.15) is 0 Å². The molecule has 0 bridgehead atoms. The van der Waals surface area contributed by atoms with Crippen LogP contribution in [0.15, 0.2) is 40.1 Å². The highest BCUT2D eigenvalue weighted by Crippen LogP contribution is 2.44. The van der Waals surface area contributed by atoms with Crippen LogP contribution >= 0.6 is 25.3 Å². The molecule has 1 aliphatic carbocycles. The number of amides is 2. The van der Waals surface area contributed by atoms with E-state index in [0.717, 1.165) is 9.81 Å². The number of anilines is 1. The number of allylic oxidation sites excluding steroid dienone is 2. The van der Waals surface area contributed by atoms with E-state index < -0.39 is 0 Å². The summed E-state index contributed by atoms with van der Waals surface area (Å²) >= 11 is 8.69. The molecule has 1 aromatic rings. The van der Waals surface area contributed by atoms with E-state index in [9.17, 15) is 9.59 Å². The van der Waals surface area contributed by atoms with Crippen molar-refractivity contribution in [2.45, 2.75) is 12.8 Å². The van der Waals surface area contributed by atoms with E-state index in [1.165, 1.54) is 4.90 Å². The highest BCUT2D eigenvalue weighted by molar-refractivity contribution is 7.88. The lowest BCUT2D eigenvalue weighted by Crippen LogP contribution is -2.30. The van der Waals surface area contributed by atoms with Gasteiger partial charge in [-0.3, -0.25) is 14.5 Å². The van der Waals surface area contributed by atoms with Crippen molar-refractivity contribution in [3.05, 3.63) is 40.1 Å². The summed E-state index contributed by atoms with van der Waals surface area (Å²) in [6.07, 6.45) is 1.03. The van der Waals surface area contributed by atoms with E-state index in [1.807, 2.05) is 18.2 Å². The maximum Gasteiger partial charge on any atom is 0.238 e. The number of benzene rings is 1. The van der Waals surface area contributed by atoms with Gasteiger partial charge in [0, 0.05) is 0 Å². The highest BCUT2D eigenvalue weighted by atomic mass is 32.1. The van der Waals surface area contributed by atoms with Crippen LogP contribution < -0.4 is 4.90 Å². The first-order chi connectivity index (χ1) is 9.09. The number of carbonyl (C=O) groups excluding carboxylic acids is 2. The summed E-state index contributed by atoms with van der Waals surface area (Å²) in [6, 6.07) is 9.07. The van der Waals surface area contributed by atoms with Gasteiger partial charge in [0.25, 0.3) is 0 Å². The Morgan fingerprint density at radius 3 is 1.84 bits per heavy atom. The Kier molecular flexibility index (Phi) is 3.19. The van der Waals surface area contributed by atoms with Gasteiger partial charge >= 0.3 is 0 Å². The first-order valence-electron chi connectivity index (χ1n) is 6.12. The summed E-state index contributed by atoms with van der Waals surface area (Å²) < 4.78 is 0. The Morgan fingerprint density at radius 1 is 0.895 bits per heavy atom. The van der Waals surface area contributed by atoms with Crippen LogP contribution in [0.4, 0.5) is 5.69 Å². The average molecular weight is 291 g/mol. The first-order valence-corrected chi connectivity index (χ1v) is 7.02. The summed E-state index contributed by atoms with van der Waals surface area (Å²) in [4.78, 5) is 27.8. The lowest BCUT2D eigenvalue weighted by atomic mass is 9.85. The van der Waals surface area contributed by atoms with Crippen molar-refractivity contribution in [2.75, 3.05) is 4.90 Å². The molecule has 3 nitrogen and oxygen atoms in total. The first kappa shape index (κ1) is 12.8. The van der Waals surface area contributed by atoms with Gasteiger partial charge in [-0.2, -0.15) is 0 Å². The van der Waals surface area contributed by atoms with E-state index in [2.05, 4.69) is 25.3 Å². The molecule has 98 valence electrons. The summed E-state index contributed by atoms with van der Waals surface area (Å²) in [5, 5.41) is 0. The number of thiol groups is 2. The summed E-state index contributed by atoms with van der Waals surface area (Å²) in [5.41, 5.74) is 0.647. The second-order valence-electron chi connectivity index (χ2n) is 4.86. The molecular weight excluding hydrogens is 278 g/mol. The van der Waals surface area contributed by atoms with Crippen molar-refractivity contribution < 1.29 is 9.59 Å². The number of para-hydroxylation sites is 1. The summed E-state index contributed by atoms with van der Waals surface area (Å²) in [6.45, 7) is 0. The molecule has 1 fully saturated rings. The van der Waals surface area contributed by atoms with Crippen LogP contribution in [0.5, 0.6) is 0 Å². The number of rotatable bonds is 1. The summed E-state index contributed by atoms with van der Waals surface area (Å²) in [5.74, 6) is -0.797. The van der Waals surface area contributed by atoms with Gasteiger partial charge in [-0.05, 0) is 34.8 Å². The molecule has 0 N–H and O–H groups in total. The van der Waals surface area contributed by atoms with Gasteiger partial charge in [-0.15, -0.1) is 25.3 Å². The largest absolute Gasteiger partial charge is 0.274 e. The second-order valence-corrected chi connectivity index (χ2v) is 5.94. The van der Waals surface area contributed by atoms with Crippen molar-refractivity contribution in [3.8, 4) is 0 Å². The van der Waals surface area contributed by atoms with E-state index in [4.69, 9.17) is 0 Å². The van der Waals surface area contributed by atoms with Gasteiger partial charge in [-0.1, -0.05) is 18.2 Å². The number of hydrogen-bond acceptors (Lipinski definition) is 4. The van der Waals surface area contributed by atoms with Crippen LogP contribution in [0, 0.1) is 11.8 Å². The Hall–Kier alpha value is -1.20. The highest BCUT2D eigenvalue weighted by Gasteiger charge is 2.49. The van der Waals surface area contributed by atoms with Crippen molar-refractivity contribution in [3.63, 3.8) is 0 Å². The number of carbonyl (C=O) groups is 2. The second kappa shape index (κ2) is 4.72. The van der Waals surface area contributed by atoms with Crippen molar-refractivity contribution >= 4 is 42.8 Å². The maximum absolute atomic E-state index is 12.4. The molecule has 2 aliphatic rings. The molecule has 3 rings (SSSR count). The predicted molar refractivity (Wildman–Crippen MR) is 80.1 cm³/mol. The molecule has 1 heterocycles. The minimum absolute atomic E-state index is 0.117. The number of fused-ring (bicyclic) bond motifs is 1. The molecule has 1 saturated heterocycles. The minimum Gasteiger partial charge on any atom is -0.274 e. The zero-order valence-corrected chi connectivity index (χ0v) is 11.9. The zero-order valence-electron chi connectivity index (χ0n) is 10.1. The number of hydrogen-bond donors (Lipinski definition) is 2. The fourth-order valence-corrected chi connectivity index (χ4v) is 3.30.